The lowest BCUT2D eigenvalue weighted by molar-refractivity contribution is -0.405. The Bertz CT molecular complexity index is 690. The second kappa shape index (κ2) is 3.93. The van der Waals surface area contributed by atoms with Crippen LogP contribution in [0.4, 0.5) is 5.69 Å². The highest BCUT2D eigenvalue weighted by Crippen LogP contribution is 2.44. The molecule has 1 aliphatic heterocycles. The lowest BCUT2D eigenvalue weighted by Gasteiger charge is -2.21. The molecule has 0 radical (unpaired) electrons. The number of hydrogen-bond acceptors (Lipinski definition) is 0. The van der Waals surface area contributed by atoms with Gasteiger partial charge in [-0.3, -0.25) is 0 Å². The van der Waals surface area contributed by atoms with Gasteiger partial charge in [0.15, 0.2) is 5.71 Å². The Morgan fingerprint density at radius 3 is 2.37 bits per heavy atom. The summed E-state index contributed by atoms with van der Waals surface area (Å²) < 4.78 is 2.40. The Labute approximate surface area is 115 Å². The third-order valence-electron chi connectivity index (χ3n) is 4.44. The molecule has 19 heavy (non-hydrogen) atoms. The number of fused-ring (bicyclic) bond motifs is 3. The molecule has 0 unspecified atom stereocenters. The minimum atomic E-state index is 0.110. The minimum absolute atomic E-state index is 0.110. The van der Waals surface area contributed by atoms with Gasteiger partial charge < -0.3 is 0 Å². The van der Waals surface area contributed by atoms with Crippen molar-refractivity contribution in [3.05, 3.63) is 42.0 Å². The fourth-order valence-electron chi connectivity index (χ4n) is 3.98. The lowest BCUT2D eigenvalue weighted by Crippen LogP contribution is -2.32. The van der Waals surface area contributed by atoms with Gasteiger partial charge in [-0.25, -0.2) is 4.58 Å². The third-order valence-corrected chi connectivity index (χ3v) is 4.44. The number of nitrogens with zero attached hydrogens (tertiary/aromatic N) is 1. The van der Waals surface area contributed by atoms with Crippen LogP contribution in [0.2, 0.25) is 0 Å². The smallest absolute Gasteiger partial charge is 0.201 e. The molecule has 0 spiro atoms. The molecule has 0 aliphatic carbocycles. The van der Waals surface area contributed by atoms with Gasteiger partial charge in [0.05, 0.1) is 5.41 Å². The van der Waals surface area contributed by atoms with Crippen LogP contribution in [0.15, 0.2) is 36.4 Å². The molecule has 2 aromatic carbocycles. The predicted octanol–water partition coefficient (Wildman–Crippen LogP) is 4.50. The molecule has 0 saturated heterocycles. The Morgan fingerprint density at radius 1 is 1.00 bits per heavy atom. The highest BCUT2D eigenvalue weighted by molar-refractivity contribution is 6.03. The molecule has 0 aromatic heterocycles. The van der Waals surface area contributed by atoms with Gasteiger partial charge >= 0.3 is 0 Å². The largest absolute Gasteiger partial charge is 0.209 e. The van der Waals surface area contributed by atoms with Crippen LogP contribution in [-0.4, -0.2) is 17.3 Å². The zero-order valence-corrected chi connectivity index (χ0v) is 12.5. The van der Waals surface area contributed by atoms with E-state index in [-0.39, 0.29) is 5.41 Å². The van der Waals surface area contributed by atoms with Gasteiger partial charge in [-0.1, -0.05) is 38.1 Å². The van der Waals surface area contributed by atoms with E-state index >= 15 is 0 Å². The molecular weight excluding hydrogens is 230 g/mol. The van der Waals surface area contributed by atoms with Crippen LogP contribution in [-0.2, 0) is 5.41 Å². The van der Waals surface area contributed by atoms with E-state index in [0.29, 0.717) is 5.92 Å². The van der Waals surface area contributed by atoms with Gasteiger partial charge in [-0.05, 0) is 30.7 Å². The highest BCUT2D eigenvalue weighted by atomic mass is 15.0. The van der Waals surface area contributed by atoms with E-state index in [0.717, 1.165) is 0 Å². The second-order valence-corrected chi connectivity index (χ2v) is 6.40. The highest BCUT2D eigenvalue weighted by Gasteiger charge is 2.46. The van der Waals surface area contributed by atoms with Gasteiger partial charge in [-0.2, -0.15) is 0 Å². The van der Waals surface area contributed by atoms with E-state index in [4.69, 9.17) is 0 Å². The molecule has 0 amide bonds. The molecule has 98 valence electrons. The lowest BCUT2D eigenvalue weighted by atomic mass is 9.76. The summed E-state index contributed by atoms with van der Waals surface area (Å²) >= 11 is 0. The molecule has 1 nitrogen and oxygen atoms in total. The predicted molar refractivity (Wildman–Crippen MR) is 82.7 cm³/mol. The van der Waals surface area contributed by atoms with Crippen molar-refractivity contribution in [1.29, 1.82) is 0 Å². The zero-order chi connectivity index (χ0) is 13.8. The number of hydrogen-bond donors (Lipinski definition) is 0. The van der Waals surface area contributed by atoms with Crippen molar-refractivity contribution in [2.45, 2.75) is 33.1 Å². The van der Waals surface area contributed by atoms with Crippen molar-refractivity contribution < 1.29 is 4.58 Å². The SMILES string of the molecule is CC(C)C1=[N+](C)c2ccc3ccccc3c2C1(C)C. The van der Waals surface area contributed by atoms with Gasteiger partial charge in [0, 0.05) is 17.5 Å². The first-order chi connectivity index (χ1) is 8.94. The summed E-state index contributed by atoms with van der Waals surface area (Å²) in [7, 11) is 2.21. The first-order valence-electron chi connectivity index (χ1n) is 7.08. The Morgan fingerprint density at radius 2 is 1.68 bits per heavy atom. The standard InChI is InChI=1S/C18H22N/c1-12(2)17-18(3,4)16-14-9-7-6-8-13(14)10-11-15(16)19(17)5/h6-12H,1-5H3/q+1. The van der Waals surface area contributed by atoms with E-state index in [1.165, 1.54) is 27.7 Å². The fourth-order valence-corrected chi connectivity index (χ4v) is 3.98. The fraction of sp³-hybridized carbons (Fsp3) is 0.389. The molecule has 0 N–H and O–H groups in total. The average Bonchev–Trinajstić information content (AvgIpc) is 2.56. The summed E-state index contributed by atoms with van der Waals surface area (Å²) in [6, 6.07) is 13.2. The number of benzene rings is 2. The van der Waals surface area contributed by atoms with Crippen LogP contribution in [0.25, 0.3) is 10.8 Å². The van der Waals surface area contributed by atoms with Crippen molar-refractivity contribution in [2.24, 2.45) is 5.92 Å². The van der Waals surface area contributed by atoms with Crippen LogP contribution >= 0.6 is 0 Å². The Balaban J connectivity index is 2.40. The molecule has 1 heteroatoms. The van der Waals surface area contributed by atoms with Crippen LogP contribution in [0.1, 0.15) is 33.3 Å². The summed E-state index contributed by atoms with van der Waals surface area (Å²) in [5, 5.41) is 2.74. The maximum absolute atomic E-state index is 2.40. The van der Waals surface area contributed by atoms with Crippen molar-refractivity contribution in [1.82, 2.24) is 0 Å². The summed E-state index contributed by atoms with van der Waals surface area (Å²) in [5.41, 5.74) is 4.47. The molecule has 1 aliphatic rings. The quantitative estimate of drug-likeness (QED) is 0.657. The molecule has 0 bridgehead atoms. The van der Waals surface area contributed by atoms with Crippen molar-refractivity contribution in [3.8, 4) is 0 Å². The zero-order valence-electron chi connectivity index (χ0n) is 12.5. The molecular formula is C18H22N+. The maximum atomic E-state index is 2.40. The van der Waals surface area contributed by atoms with E-state index < -0.39 is 0 Å². The minimum Gasteiger partial charge on any atom is -0.201 e. The monoisotopic (exact) mass is 252 g/mol. The summed E-state index contributed by atoms with van der Waals surface area (Å²) in [6.07, 6.45) is 0. The molecule has 3 rings (SSSR count). The van der Waals surface area contributed by atoms with E-state index in [1.54, 1.807) is 0 Å². The molecule has 1 heterocycles. The molecule has 2 aromatic rings. The molecule has 0 saturated carbocycles. The van der Waals surface area contributed by atoms with Crippen LogP contribution in [0.3, 0.4) is 0 Å². The Hall–Kier alpha value is -1.63. The van der Waals surface area contributed by atoms with E-state index in [9.17, 15) is 0 Å². The van der Waals surface area contributed by atoms with Gasteiger partial charge in [0.25, 0.3) is 0 Å². The van der Waals surface area contributed by atoms with Crippen LogP contribution in [0, 0.1) is 5.92 Å². The van der Waals surface area contributed by atoms with E-state index in [2.05, 4.69) is 75.7 Å². The van der Waals surface area contributed by atoms with Crippen molar-refractivity contribution >= 4 is 22.2 Å². The van der Waals surface area contributed by atoms with Gasteiger partial charge in [-0.15, -0.1) is 0 Å². The third kappa shape index (κ3) is 1.57. The normalized spacial score (nSPS) is 17.4. The van der Waals surface area contributed by atoms with Gasteiger partial charge in [0.1, 0.15) is 7.05 Å². The van der Waals surface area contributed by atoms with E-state index in [1.807, 2.05) is 0 Å². The summed E-state index contributed by atoms with van der Waals surface area (Å²) in [5.74, 6) is 0.561. The topological polar surface area (TPSA) is 3.01 Å². The summed E-state index contributed by atoms with van der Waals surface area (Å²) in [4.78, 5) is 0. The average molecular weight is 252 g/mol. The molecule has 0 atom stereocenters. The van der Waals surface area contributed by atoms with Crippen LogP contribution < -0.4 is 0 Å². The van der Waals surface area contributed by atoms with Crippen molar-refractivity contribution in [2.75, 3.05) is 7.05 Å². The Kier molecular flexibility index (Phi) is 2.57. The summed E-state index contributed by atoms with van der Waals surface area (Å²) in [6.45, 7) is 9.30. The number of rotatable bonds is 1. The first-order valence-corrected chi connectivity index (χ1v) is 7.08. The first kappa shape index (κ1) is 12.4. The van der Waals surface area contributed by atoms with Crippen LogP contribution in [0.5, 0.6) is 0 Å². The van der Waals surface area contributed by atoms with Crippen molar-refractivity contribution in [3.63, 3.8) is 0 Å². The maximum Gasteiger partial charge on any atom is 0.209 e. The van der Waals surface area contributed by atoms with Gasteiger partial charge in [0.2, 0.25) is 5.69 Å². The molecule has 0 fully saturated rings. The second-order valence-electron chi connectivity index (χ2n) is 6.40.